The monoisotopic (exact) mass is 471 g/mol. The molecule has 3 aromatic rings. The number of thiol groups is 1. The topological polar surface area (TPSA) is 105 Å². The summed E-state index contributed by atoms with van der Waals surface area (Å²) in [6.07, 6.45) is 0.184. The summed E-state index contributed by atoms with van der Waals surface area (Å²) in [7, 11) is -3.97. The van der Waals surface area contributed by atoms with Gasteiger partial charge in [0.1, 0.15) is 6.04 Å². The lowest BCUT2D eigenvalue weighted by Gasteiger charge is -2.22. The molecule has 10 heteroatoms. The third-order valence-corrected chi connectivity index (χ3v) is 7.43. The molecule has 0 radical (unpaired) electrons. The summed E-state index contributed by atoms with van der Waals surface area (Å²) < 4.78 is 27.7. The highest BCUT2D eigenvalue weighted by Gasteiger charge is 2.44. The third-order valence-electron chi connectivity index (χ3n) is 5.19. The summed E-state index contributed by atoms with van der Waals surface area (Å²) in [5, 5.41) is 1.36. The molecular weight excluding hydrogens is 450 g/mol. The van der Waals surface area contributed by atoms with Crippen LogP contribution in [0.2, 0.25) is 0 Å². The summed E-state index contributed by atoms with van der Waals surface area (Å²) in [6, 6.07) is 19.5. The summed E-state index contributed by atoms with van der Waals surface area (Å²) >= 11 is 4.38. The van der Waals surface area contributed by atoms with Crippen LogP contribution >= 0.6 is 12.6 Å². The number of fused-ring (bicyclic) bond motifs is 1. The van der Waals surface area contributed by atoms with Gasteiger partial charge in [0.05, 0.1) is 4.90 Å². The molecule has 1 heterocycles. The first kappa shape index (κ1) is 22.3. The van der Waals surface area contributed by atoms with E-state index in [9.17, 15) is 18.0 Å². The number of amides is 1. The first-order valence-corrected chi connectivity index (χ1v) is 11.8. The molecular formula is C22H21N3O5S2. The van der Waals surface area contributed by atoms with E-state index < -0.39 is 27.9 Å². The van der Waals surface area contributed by atoms with Crippen molar-refractivity contribution < 1.29 is 22.8 Å². The molecule has 166 valence electrons. The van der Waals surface area contributed by atoms with E-state index in [2.05, 4.69) is 23.6 Å². The fourth-order valence-corrected chi connectivity index (χ4v) is 5.74. The fraction of sp³-hybridized carbons (Fsp3) is 0.182. The number of carbonyl (C=O) groups is 2. The highest BCUT2D eigenvalue weighted by Crippen LogP contribution is 2.30. The quantitative estimate of drug-likeness (QED) is 0.376. The second kappa shape index (κ2) is 9.29. The van der Waals surface area contributed by atoms with Gasteiger partial charge in [-0.3, -0.25) is 10.2 Å². The largest absolute Gasteiger partial charge is 0.349 e. The van der Waals surface area contributed by atoms with Crippen molar-refractivity contribution in [2.45, 2.75) is 22.6 Å². The van der Waals surface area contributed by atoms with Crippen LogP contribution in [0.1, 0.15) is 16.8 Å². The van der Waals surface area contributed by atoms with E-state index in [0.29, 0.717) is 5.56 Å². The average molecular weight is 472 g/mol. The van der Waals surface area contributed by atoms with Gasteiger partial charge in [-0.05, 0) is 41.5 Å². The van der Waals surface area contributed by atoms with Crippen LogP contribution in [0, 0.1) is 0 Å². The zero-order valence-electron chi connectivity index (χ0n) is 16.8. The van der Waals surface area contributed by atoms with Crippen LogP contribution < -0.4 is 11.0 Å². The van der Waals surface area contributed by atoms with Crippen LogP contribution in [-0.4, -0.2) is 42.4 Å². The summed E-state index contributed by atoms with van der Waals surface area (Å²) in [5.74, 6) is -1.34. The van der Waals surface area contributed by atoms with Crippen LogP contribution in [0.5, 0.6) is 0 Å². The molecule has 0 saturated carbocycles. The van der Waals surface area contributed by atoms with Crippen LogP contribution in [0.4, 0.5) is 0 Å². The second-order valence-corrected chi connectivity index (χ2v) is 9.95. The van der Waals surface area contributed by atoms with Gasteiger partial charge in [0.25, 0.3) is 5.91 Å². The van der Waals surface area contributed by atoms with Crippen molar-refractivity contribution in [2.24, 2.45) is 0 Å². The van der Waals surface area contributed by atoms with Gasteiger partial charge in [-0.1, -0.05) is 54.1 Å². The Balaban J connectivity index is 1.47. The van der Waals surface area contributed by atoms with Crippen LogP contribution in [0.25, 0.3) is 10.8 Å². The minimum Gasteiger partial charge on any atom is -0.349 e. The SMILES string of the molecule is O=C(NNOC(=O)[C@@H]1C[C@@H](S)CN1S(=O)(=O)c1ccc2ccccc2c1)c1ccccc1. The van der Waals surface area contributed by atoms with Crippen molar-refractivity contribution in [2.75, 3.05) is 6.54 Å². The number of hydrogen-bond acceptors (Lipinski definition) is 7. The van der Waals surface area contributed by atoms with Crippen LogP contribution in [0.3, 0.4) is 0 Å². The number of nitrogens with one attached hydrogen (secondary N) is 2. The fourth-order valence-electron chi connectivity index (χ4n) is 3.58. The molecule has 1 amide bonds. The van der Waals surface area contributed by atoms with Crippen molar-refractivity contribution in [1.82, 2.24) is 15.3 Å². The van der Waals surface area contributed by atoms with E-state index in [-0.39, 0.29) is 23.1 Å². The van der Waals surface area contributed by atoms with Gasteiger partial charge >= 0.3 is 5.97 Å². The number of benzene rings is 3. The Morgan fingerprint density at radius 2 is 1.66 bits per heavy atom. The zero-order chi connectivity index (χ0) is 22.7. The van der Waals surface area contributed by atoms with Crippen molar-refractivity contribution >= 4 is 45.3 Å². The van der Waals surface area contributed by atoms with Crippen molar-refractivity contribution in [3.63, 3.8) is 0 Å². The number of sulfonamides is 1. The lowest BCUT2D eigenvalue weighted by Crippen LogP contribution is -2.46. The van der Waals surface area contributed by atoms with E-state index in [1.165, 1.54) is 6.07 Å². The number of carbonyl (C=O) groups excluding carboxylic acids is 2. The molecule has 0 aliphatic carbocycles. The second-order valence-electron chi connectivity index (χ2n) is 7.33. The summed E-state index contributed by atoms with van der Waals surface area (Å²) in [4.78, 5) is 29.7. The maximum Gasteiger partial charge on any atom is 0.345 e. The zero-order valence-corrected chi connectivity index (χ0v) is 18.6. The van der Waals surface area contributed by atoms with Gasteiger partial charge in [-0.15, -0.1) is 0 Å². The molecule has 0 unspecified atom stereocenters. The van der Waals surface area contributed by atoms with Crippen LogP contribution in [0.15, 0.2) is 77.7 Å². The first-order chi connectivity index (χ1) is 15.4. The number of hydrogen-bond donors (Lipinski definition) is 3. The molecule has 0 spiro atoms. The standard InChI is InChI=1S/C22H21N3O5S2/c26-21(16-7-2-1-3-8-16)23-24-30-22(27)20-13-18(31)14-25(20)32(28,29)19-11-10-15-6-4-5-9-17(15)12-19/h1-12,18,20,24,31H,13-14H2,(H,23,26)/t18-,20+/m1/s1. The molecule has 8 nitrogen and oxygen atoms in total. The summed E-state index contributed by atoms with van der Waals surface area (Å²) in [6.45, 7) is 0.0639. The van der Waals surface area contributed by atoms with Crippen molar-refractivity contribution in [1.29, 1.82) is 0 Å². The summed E-state index contributed by atoms with van der Waals surface area (Å²) in [5.41, 5.74) is 4.73. The Hall–Kier alpha value is -2.92. The highest BCUT2D eigenvalue weighted by molar-refractivity contribution is 7.89. The average Bonchev–Trinajstić information content (AvgIpc) is 3.22. The van der Waals surface area contributed by atoms with Gasteiger partial charge in [-0.2, -0.15) is 16.9 Å². The van der Waals surface area contributed by atoms with Gasteiger partial charge in [0.2, 0.25) is 10.0 Å². The Morgan fingerprint density at radius 1 is 0.969 bits per heavy atom. The number of nitrogens with zero attached hydrogens (tertiary/aromatic N) is 1. The van der Waals surface area contributed by atoms with E-state index in [4.69, 9.17) is 4.84 Å². The predicted octanol–water partition coefficient (Wildman–Crippen LogP) is 2.29. The maximum atomic E-state index is 13.3. The van der Waals surface area contributed by atoms with Gasteiger partial charge in [0.15, 0.2) is 0 Å². The molecule has 1 aliphatic heterocycles. The molecule has 1 aliphatic rings. The van der Waals surface area contributed by atoms with Gasteiger partial charge in [-0.25, -0.2) is 13.2 Å². The number of hydrazine groups is 1. The molecule has 1 saturated heterocycles. The highest BCUT2D eigenvalue weighted by atomic mass is 32.2. The minimum absolute atomic E-state index is 0.0639. The maximum absolute atomic E-state index is 13.3. The van der Waals surface area contributed by atoms with Crippen molar-refractivity contribution in [3.05, 3.63) is 78.4 Å². The Bertz CT molecular complexity index is 1250. The number of rotatable bonds is 6. The van der Waals surface area contributed by atoms with E-state index in [1.54, 1.807) is 42.5 Å². The Kier molecular flexibility index (Phi) is 6.47. The normalized spacial score (nSPS) is 19.0. The molecule has 32 heavy (non-hydrogen) atoms. The molecule has 2 atom stereocenters. The van der Waals surface area contributed by atoms with E-state index in [1.807, 2.05) is 24.3 Å². The lowest BCUT2D eigenvalue weighted by atomic mass is 10.1. The molecule has 3 aromatic carbocycles. The van der Waals surface area contributed by atoms with E-state index in [0.717, 1.165) is 15.1 Å². The van der Waals surface area contributed by atoms with Gasteiger partial charge in [0, 0.05) is 17.4 Å². The molecule has 1 fully saturated rings. The predicted molar refractivity (Wildman–Crippen MR) is 122 cm³/mol. The molecule has 0 aromatic heterocycles. The minimum atomic E-state index is -3.97. The Morgan fingerprint density at radius 3 is 2.41 bits per heavy atom. The smallest absolute Gasteiger partial charge is 0.345 e. The van der Waals surface area contributed by atoms with Gasteiger partial charge < -0.3 is 4.84 Å². The first-order valence-electron chi connectivity index (χ1n) is 9.86. The van der Waals surface area contributed by atoms with Crippen molar-refractivity contribution in [3.8, 4) is 0 Å². The molecule has 2 N–H and O–H groups in total. The lowest BCUT2D eigenvalue weighted by molar-refractivity contribution is -0.156. The van der Waals surface area contributed by atoms with Crippen LogP contribution in [-0.2, 0) is 19.7 Å². The molecule has 4 rings (SSSR count). The van der Waals surface area contributed by atoms with E-state index >= 15 is 0 Å². The Labute approximate surface area is 190 Å². The molecule has 0 bridgehead atoms. The third kappa shape index (κ3) is 4.63.